The van der Waals surface area contributed by atoms with Gasteiger partial charge in [0, 0.05) is 0 Å². The van der Waals surface area contributed by atoms with E-state index in [2.05, 4.69) is 10.1 Å². The van der Waals surface area contributed by atoms with Crippen LogP contribution in [0.5, 0.6) is 0 Å². The number of benzene rings is 1. The first-order chi connectivity index (χ1) is 12.3. The van der Waals surface area contributed by atoms with E-state index in [1.807, 2.05) is 0 Å². The van der Waals surface area contributed by atoms with Crippen molar-refractivity contribution in [3.05, 3.63) is 34.9 Å². The van der Waals surface area contributed by atoms with E-state index in [9.17, 15) is 35.9 Å². The molecule has 0 radical (unpaired) electrons. The number of ether oxygens (including phenoxy) is 1. The highest BCUT2D eigenvalue weighted by molar-refractivity contribution is 5.85. The van der Waals surface area contributed by atoms with Crippen molar-refractivity contribution >= 4 is 11.9 Å². The van der Waals surface area contributed by atoms with Gasteiger partial charge < -0.3 is 10.1 Å². The van der Waals surface area contributed by atoms with Gasteiger partial charge in [-0.25, -0.2) is 4.79 Å². The van der Waals surface area contributed by atoms with Crippen LogP contribution in [0.3, 0.4) is 0 Å². The summed E-state index contributed by atoms with van der Waals surface area (Å²) in [5, 5.41) is 2.31. The van der Waals surface area contributed by atoms with Crippen molar-refractivity contribution in [2.24, 2.45) is 5.92 Å². The molecular formula is C17H19F6NO3. The fourth-order valence-corrected chi connectivity index (χ4v) is 2.33. The maximum atomic E-state index is 12.9. The highest BCUT2D eigenvalue weighted by Crippen LogP contribution is 2.36. The molecule has 0 saturated carbocycles. The number of carbonyl (C=O) groups excluding carboxylic acids is 2. The molecule has 1 aromatic rings. The minimum absolute atomic E-state index is 0.0161. The molecule has 10 heteroatoms. The van der Waals surface area contributed by atoms with Crippen molar-refractivity contribution in [2.45, 2.75) is 45.1 Å². The Labute approximate surface area is 151 Å². The van der Waals surface area contributed by atoms with Gasteiger partial charge in [0.25, 0.3) is 0 Å². The molecule has 27 heavy (non-hydrogen) atoms. The third-order valence-electron chi connectivity index (χ3n) is 4.00. The molecule has 0 aliphatic carbocycles. The number of nitrogens with one attached hydrogen (secondary N) is 1. The molecule has 0 saturated heterocycles. The second-order valence-corrected chi connectivity index (χ2v) is 6.04. The Balaban J connectivity index is 3.12. The standard InChI is InChI=1S/C17H19F6NO3/c1-4-9(2)14(15(26)27-3)24-13(25)7-10-5-11(16(18,19)20)8-12(6-10)17(21,22)23/h5-6,8-9,14H,4,7H2,1-3H3,(H,24,25)/t9-,14+/m1/s1. The van der Waals surface area contributed by atoms with Crippen LogP contribution in [0.15, 0.2) is 18.2 Å². The van der Waals surface area contributed by atoms with Gasteiger partial charge in [-0.3, -0.25) is 4.79 Å². The zero-order valence-corrected chi connectivity index (χ0v) is 14.8. The summed E-state index contributed by atoms with van der Waals surface area (Å²) in [6.07, 6.45) is -10.3. The van der Waals surface area contributed by atoms with E-state index >= 15 is 0 Å². The smallest absolute Gasteiger partial charge is 0.416 e. The maximum Gasteiger partial charge on any atom is 0.416 e. The molecule has 1 N–H and O–H groups in total. The Kier molecular flexibility index (Phi) is 7.27. The maximum absolute atomic E-state index is 12.9. The van der Waals surface area contributed by atoms with Crippen LogP contribution in [-0.4, -0.2) is 25.0 Å². The summed E-state index contributed by atoms with van der Waals surface area (Å²) in [4.78, 5) is 23.8. The molecule has 0 spiro atoms. The lowest BCUT2D eigenvalue weighted by Gasteiger charge is -2.22. The number of rotatable bonds is 6. The van der Waals surface area contributed by atoms with Crippen molar-refractivity contribution in [3.8, 4) is 0 Å². The molecule has 2 atom stereocenters. The molecule has 0 fully saturated rings. The summed E-state index contributed by atoms with van der Waals surface area (Å²) in [6, 6.07) is -0.116. The Morgan fingerprint density at radius 1 is 1.04 bits per heavy atom. The zero-order valence-electron chi connectivity index (χ0n) is 14.8. The van der Waals surface area contributed by atoms with Gasteiger partial charge in [-0.05, 0) is 29.7 Å². The first-order valence-corrected chi connectivity index (χ1v) is 7.95. The molecule has 0 aliphatic heterocycles. The average Bonchev–Trinajstić information content (AvgIpc) is 2.56. The lowest BCUT2D eigenvalue weighted by atomic mass is 9.98. The van der Waals surface area contributed by atoms with Crippen LogP contribution >= 0.6 is 0 Å². The van der Waals surface area contributed by atoms with E-state index in [4.69, 9.17) is 0 Å². The third kappa shape index (κ3) is 6.44. The van der Waals surface area contributed by atoms with Gasteiger partial charge in [0.15, 0.2) is 0 Å². The van der Waals surface area contributed by atoms with Crippen LogP contribution in [-0.2, 0) is 33.1 Å². The van der Waals surface area contributed by atoms with Gasteiger partial charge >= 0.3 is 18.3 Å². The number of hydrogen-bond acceptors (Lipinski definition) is 3. The van der Waals surface area contributed by atoms with E-state index in [1.165, 1.54) is 0 Å². The SMILES string of the molecule is CC[C@@H](C)[C@H](NC(=O)Cc1cc(C(F)(F)F)cc(C(F)(F)F)c1)C(=O)OC. The number of alkyl halides is 6. The summed E-state index contributed by atoms with van der Waals surface area (Å²) >= 11 is 0. The summed E-state index contributed by atoms with van der Waals surface area (Å²) in [7, 11) is 1.10. The van der Waals surface area contributed by atoms with Crippen LogP contribution in [0.2, 0.25) is 0 Å². The van der Waals surface area contributed by atoms with Crippen LogP contribution < -0.4 is 5.32 Å². The number of carbonyl (C=O) groups is 2. The predicted octanol–water partition coefficient (Wildman–Crippen LogP) is 3.97. The summed E-state index contributed by atoms with van der Waals surface area (Å²) in [6.45, 7) is 3.39. The number of methoxy groups -OCH3 is 1. The second-order valence-electron chi connectivity index (χ2n) is 6.04. The van der Waals surface area contributed by atoms with E-state index in [1.54, 1.807) is 13.8 Å². The number of halogens is 6. The molecule has 1 rings (SSSR count). The lowest BCUT2D eigenvalue weighted by Crippen LogP contribution is -2.46. The van der Waals surface area contributed by atoms with E-state index < -0.39 is 53.4 Å². The van der Waals surface area contributed by atoms with Gasteiger partial charge in [-0.15, -0.1) is 0 Å². The van der Waals surface area contributed by atoms with Crippen LogP contribution in [0.1, 0.15) is 37.0 Å². The Morgan fingerprint density at radius 2 is 1.52 bits per heavy atom. The molecule has 0 aliphatic rings. The van der Waals surface area contributed by atoms with Crippen molar-refractivity contribution in [1.29, 1.82) is 0 Å². The topological polar surface area (TPSA) is 55.4 Å². The fourth-order valence-electron chi connectivity index (χ4n) is 2.33. The fraction of sp³-hybridized carbons (Fsp3) is 0.529. The Hall–Kier alpha value is -2.26. The highest BCUT2D eigenvalue weighted by atomic mass is 19.4. The summed E-state index contributed by atoms with van der Waals surface area (Å²) < 4.78 is 81.7. The minimum atomic E-state index is -5.00. The zero-order chi connectivity index (χ0) is 21.0. The molecule has 0 heterocycles. The average molecular weight is 399 g/mol. The number of esters is 1. The van der Waals surface area contributed by atoms with Crippen molar-refractivity contribution in [1.82, 2.24) is 5.32 Å². The molecule has 4 nitrogen and oxygen atoms in total. The summed E-state index contributed by atoms with van der Waals surface area (Å²) in [5.74, 6) is -1.98. The molecule has 1 aromatic carbocycles. The van der Waals surface area contributed by atoms with Crippen molar-refractivity contribution < 1.29 is 40.7 Å². The van der Waals surface area contributed by atoms with Crippen molar-refractivity contribution in [3.63, 3.8) is 0 Å². The van der Waals surface area contributed by atoms with Crippen LogP contribution in [0, 0.1) is 5.92 Å². The molecule has 0 bridgehead atoms. The van der Waals surface area contributed by atoms with Gasteiger partial charge in [0.2, 0.25) is 5.91 Å². The molecule has 0 aromatic heterocycles. The molecule has 152 valence electrons. The largest absolute Gasteiger partial charge is 0.467 e. The van der Waals surface area contributed by atoms with Crippen LogP contribution in [0.4, 0.5) is 26.3 Å². The normalized spacial score (nSPS) is 14.4. The van der Waals surface area contributed by atoms with Gasteiger partial charge in [0.05, 0.1) is 24.7 Å². The van der Waals surface area contributed by atoms with E-state index in [0.29, 0.717) is 18.6 Å². The van der Waals surface area contributed by atoms with Crippen LogP contribution in [0.25, 0.3) is 0 Å². The first-order valence-electron chi connectivity index (χ1n) is 7.95. The quantitative estimate of drug-likeness (QED) is 0.582. The Bertz CT molecular complexity index is 652. The molecule has 0 unspecified atom stereocenters. The Morgan fingerprint density at radius 3 is 1.89 bits per heavy atom. The number of hydrogen-bond donors (Lipinski definition) is 1. The molecular weight excluding hydrogens is 380 g/mol. The minimum Gasteiger partial charge on any atom is -0.467 e. The monoisotopic (exact) mass is 399 g/mol. The van der Waals surface area contributed by atoms with Gasteiger partial charge in [-0.2, -0.15) is 26.3 Å². The lowest BCUT2D eigenvalue weighted by molar-refractivity contribution is -0.146. The number of amides is 1. The third-order valence-corrected chi connectivity index (χ3v) is 4.00. The summed E-state index contributed by atoms with van der Waals surface area (Å²) in [5.41, 5.74) is -3.49. The van der Waals surface area contributed by atoms with Gasteiger partial charge in [0.1, 0.15) is 6.04 Å². The molecule has 1 amide bonds. The van der Waals surface area contributed by atoms with Crippen molar-refractivity contribution in [2.75, 3.05) is 7.11 Å². The van der Waals surface area contributed by atoms with E-state index in [0.717, 1.165) is 7.11 Å². The van der Waals surface area contributed by atoms with E-state index in [-0.39, 0.29) is 12.0 Å². The second kappa shape index (κ2) is 8.62. The van der Waals surface area contributed by atoms with Gasteiger partial charge in [-0.1, -0.05) is 20.3 Å². The predicted molar refractivity (Wildman–Crippen MR) is 83.6 cm³/mol. The highest BCUT2D eigenvalue weighted by Gasteiger charge is 2.37. The first kappa shape index (κ1) is 22.8.